The van der Waals surface area contributed by atoms with Crippen molar-refractivity contribution in [3.8, 4) is 0 Å². The zero-order valence-electron chi connectivity index (χ0n) is 11.6. The van der Waals surface area contributed by atoms with Crippen molar-refractivity contribution in [2.24, 2.45) is 17.6 Å². The van der Waals surface area contributed by atoms with Crippen LogP contribution in [0.1, 0.15) is 25.8 Å². The first kappa shape index (κ1) is 14.3. The van der Waals surface area contributed by atoms with Crippen LogP contribution in [0.2, 0.25) is 0 Å². The molecule has 0 aliphatic carbocycles. The zero-order chi connectivity index (χ0) is 14.0. The SMILES string of the molecule is CC(C)C1CCN(c2c(F)cc(CCN)cc2F)C1. The minimum Gasteiger partial charge on any atom is -0.366 e. The van der Waals surface area contributed by atoms with Crippen LogP contribution < -0.4 is 10.6 Å². The molecule has 1 aromatic carbocycles. The molecule has 0 aromatic heterocycles. The van der Waals surface area contributed by atoms with Crippen molar-refractivity contribution in [3.63, 3.8) is 0 Å². The van der Waals surface area contributed by atoms with Gasteiger partial charge in [-0.1, -0.05) is 13.8 Å². The Balaban J connectivity index is 2.21. The van der Waals surface area contributed by atoms with Gasteiger partial charge in [-0.05, 0) is 48.9 Å². The summed E-state index contributed by atoms with van der Waals surface area (Å²) in [5.74, 6) is 0.135. The zero-order valence-corrected chi connectivity index (χ0v) is 11.6. The maximum atomic E-state index is 14.1. The van der Waals surface area contributed by atoms with Gasteiger partial charge < -0.3 is 10.6 Å². The van der Waals surface area contributed by atoms with Gasteiger partial charge in [0.1, 0.15) is 17.3 Å². The highest BCUT2D eigenvalue weighted by molar-refractivity contribution is 5.51. The summed E-state index contributed by atoms with van der Waals surface area (Å²) < 4.78 is 28.2. The fourth-order valence-electron chi connectivity index (χ4n) is 2.77. The number of hydrogen-bond donors (Lipinski definition) is 1. The smallest absolute Gasteiger partial charge is 0.149 e. The summed E-state index contributed by atoms with van der Waals surface area (Å²) in [5.41, 5.74) is 6.17. The van der Waals surface area contributed by atoms with E-state index >= 15 is 0 Å². The van der Waals surface area contributed by atoms with Crippen LogP contribution in [0.15, 0.2) is 12.1 Å². The summed E-state index contributed by atoms with van der Waals surface area (Å²) in [6.45, 7) is 6.18. The van der Waals surface area contributed by atoms with Gasteiger partial charge in [0.05, 0.1) is 0 Å². The van der Waals surface area contributed by atoms with Gasteiger partial charge in [0.15, 0.2) is 0 Å². The van der Waals surface area contributed by atoms with Gasteiger partial charge >= 0.3 is 0 Å². The van der Waals surface area contributed by atoms with Crippen LogP contribution in [0.25, 0.3) is 0 Å². The van der Waals surface area contributed by atoms with Gasteiger partial charge in [-0.3, -0.25) is 0 Å². The second kappa shape index (κ2) is 5.87. The fourth-order valence-corrected chi connectivity index (χ4v) is 2.77. The molecule has 1 unspecified atom stereocenters. The van der Waals surface area contributed by atoms with E-state index in [0.717, 1.165) is 19.5 Å². The molecule has 1 aromatic rings. The number of nitrogens with zero attached hydrogens (tertiary/aromatic N) is 1. The largest absolute Gasteiger partial charge is 0.366 e. The van der Waals surface area contributed by atoms with Crippen LogP contribution >= 0.6 is 0 Å². The van der Waals surface area contributed by atoms with Crippen molar-refractivity contribution in [1.82, 2.24) is 0 Å². The summed E-state index contributed by atoms with van der Waals surface area (Å²) in [6, 6.07) is 2.82. The molecular weight excluding hydrogens is 246 g/mol. The monoisotopic (exact) mass is 268 g/mol. The lowest BCUT2D eigenvalue weighted by Gasteiger charge is -2.21. The van der Waals surface area contributed by atoms with Crippen LogP contribution in [-0.4, -0.2) is 19.6 Å². The summed E-state index contributed by atoms with van der Waals surface area (Å²) in [6.07, 6.45) is 1.50. The summed E-state index contributed by atoms with van der Waals surface area (Å²) in [7, 11) is 0. The van der Waals surface area contributed by atoms with Crippen molar-refractivity contribution in [1.29, 1.82) is 0 Å². The first-order valence-corrected chi connectivity index (χ1v) is 6.96. The van der Waals surface area contributed by atoms with E-state index in [1.807, 2.05) is 4.90 Å². The van der Waals surface area contributed by atoms with Gasteiger partial charge in [-0.15, -0.1) is 0 Å². The van der Waals surface area contributed by atoms with E-state index in [-0.39, 0.29) is 5.69 Å². The van der Waals surface area contributed by atoms with Gasteiger partial charge in [-0.2, -0.15) is 0 Å². The number of rotatable bonds is 4. The van der Waals surface area contributed by atoms with Crippen LogP contribution in [-0.2, 0) is 6.42 Å². The third kappa shape index (κ3) is 3.06. The first-order chi connectivity index (χ1) is 9.02. The molecule has 1 saturated heterocycles. The topological polar surface area (TPSA) is 29.3 Å². The van der Waals surface area contributed by atoms with E-state index in [1.54, 1.807) is 0 Å². The Labute approximate surface area is 113 Å². The van der Waals surface area contributed by atoms with Crippen molar-refractivity contribution >= 4 is 5.69 Å². The highest BCUT2D eigenvalue weighted by atomic mass is 19.1. The van der Waals surface area contributed by atoms with Crippen molar-refractivity contribution in [2.75, 3.05) is 24.5 Å². The van der Waals surface area contributed by atoms with E-state index in [0.29, 0.717) is 30.4 Å². The van der Waals surface area contributed by atoms with Gasteiger partial charge in [0, 0.05) is 13.1 Å². The van der Waals surface area contributed by atoms with Gasteiger partial charge in [0.25, 0.3) is 0 Å². The second-order valence-corrected chi connectivity index (χ2v) is 5.69. The third-order valence-corrected chi connectivity index (χ3v) is 3.99. The first-order valence-electron chi connectivity index (χ1n) is 6.96. The standard InChI is InChI=1S/C15H22F2N2/c1-10(2)12-4-6-19(9-12)15-13(16)7-11(3-5-18)8-14(15)17/h7-8,10,12H,3-6,9,18H2,1-2H3. The lowest BCUT2D eigenvalue weighted by Crippen LogP contribution is -2.23. The van der Waals surface area contributed by atoms with E-state index < -0.39 is 11.6 Å². The second-order valence-electron chi connectivity index (χ2n) is 5.69. The molecule has 2 rings (SSSR count). The molecule has 1 aliphatic rings. The van der Waals surface area contributed by atoms with E-state index in [2.05, 4.69) is 13.8 Å². The van der Waals surface area contributed by atoms with Crippen LogP contribution in [0.3, 0.4) is 0 Å². The highest BCUT2D eigenvalue weighted by Gasteiger charge is 2.28. The predicted octanol–water partition coefficient (Wildman–Crippen LogP) is 2.95. The van der Waals surface area contributed by atoms with Crippen molar-refractivity contribution in [3.05, 3.63) is 29.3 Å². The van der Waals surface area contributed by atoms with Gasteiger partial charge in [0.2, 0.25) is 0 Å². The Morgan fingerprint density at radius 2 is 1.95 bits per heavy atom. The van der Waals surface area contributed by atoms with Gasteiger partial charge in [-0.25, -0.2) is 8.78 Å². The van der Waals surface area contributed by atoms with Crippen LogP contribution in [0.4, 0.5) is 14.5 Å². The predicted molar refractivity (Wildman–Crippen MR) is 74.3 cm³/mol. The number of hydrogen-bond acceptors (Lipinski definition) is 2. The number of nitrogens with two attached hydrogens (primary N) is 1. The summed E-state index contributed by atoms with van der Waals surface area (Å²) in [4.78, 5) is 1.83. The van der Waals surface area contributed by atoms with E-state index in [9.17, 15) is 8.78 Å². The summed E-state index contributed by atoms with van der Waals surface area (Å²) >= 11 is 0. The molecule has 4 heteroatoms. The number of halogens is 2. The molecule has 1 heterocycles. The van der Waals surface area contributed by atoms with Crippen molar-refractivity contribution < 1.29 is 8.78 Å². The maximum absolute atomic E-state index is 14.1. The molecule has 0 amide bonds. The number of benzene rings is 1. The maximum Gasteiger partial charge on any atom is 0.149 e. The van der Waals surface area contributed by atoms with E-state index in [1.165, 1.54) is 12.1 Å². The lowest BCUT2D eigenvalue weighted by molar-refractivity contribution is 0.422. The normalized spacial score (nSPS) is 19.5. The van der Waals surface area contributed by atoms with Crippen LogP contribution in [0, 0.1) is 23.5 Å². The molecule has 106 valence electrons. The molecule has 2 nitrogen and oxygen atoms in total. The molecule has 1 atom stereocenters. The minimum atomic E-state index is -0.465. The molecule has 0 bridgehead atoms. The molecule has 2 N–H and O–H groups in total. The molecule has 0 spiro atoms. The van der Waals surface area contributed by atoms with E-state index in [4.69, 9.17) is 5.73 Å². The van der Waals surface area contributed by atoms with Crippen LogP contribution in [0.5, 0.6) is 0 Å². The molecule has 1 fully saturated rings. The third-order valence-electron chi connectivity index (χ3n) is 3.99. The average molecular weight is 268 g/mol. The molecule has 19 heavy (non-hydrogen) atoms. The molecule has 0 radical (unpaired) electrons. The molecule has 1 aliphatic heterocycles. The quantitative estimate of drug-likeness (QED) is 0.909. The molecule has 0 saturated carbocycles. The lowest BCUT2D eigenvalue weighted by atomic mass is 9.95. The van der Waals surface area contributed by atoms with Crippen molar-refractivity contribution in [2.45, 2.75) is 26.7 Å². The Morgan fingerprint density at radius 3 is 2.42 bits per heavy atom. The Morgan fingerprint density at radius 1 is 1.32 bits per heavy atom. The Hall–Kier alpha value is -1.16. The number of anilines is 1. The fraction of sp³-hybridized carbons (Fsp3) is 0.600. The average Bonchev–Trinajstić information content (AvgIpc) is 2.78. The molecular formula is C15H22F2N2. The minimum absolute atomic E-state index is 0.129. The Bertz CT molecular complexity index is 423. The highest BCUT2D eigenvalue weighted by Crippen LogP contribution is 2.32. The Kier molecular flexibility index (Phi) is 4.40. The summed E-state index contributed by atoms with van der Waals surface area (Å²) in [5, 5.41) is 0.